The van der Waals surface area contributed by atoms with Gasteiger partial charge in [-0.2, -0.15) is 0 Å². The molecule has 0 radical (unpaired) electrons. The van der Waals surface area contributed by atoms with Crippen LogP contribution in [0.3, 0.4) is 0 Å². The van der Waals surface area contributed by atoms with Crippen LogP contribution in [0.1, 0.15) is 29.1 Å². The van der Waals surface area contributed by atoms with E-state index in [9.17, 15) is 9.59 Å². The van der Waals surface area contributed by atoms with Gasteiger partial charge in [-0.1, -0.05) is 30.3 Å². The number of methoxy groups -OCH3 is 1. The number of carbonyl (C=O) groups is 1. The summed E-state index contributed by atoms with van der Waals surface area (Å²) in [5.74, 6) is 1.04. The predicted octanol–water partition coefficient (Wildman–Crippen LogP) is 4.23. The van der Waals surface area contributed by atoms with Crippen LogP contribution in [0.5, 0.6) is 5.75 Å². The summed E-state index contributed by atoms with van der Waals surface area (Å²) in [6, 6.07) is 23.1. The molecule has 6 nitrogen and oxygen atoms in total. The number of ether oxygens (including phenoxy) is 1. The van der Waals surface area contributed by atoms with Crippen molar-refractivity contribution in [2.75, 3.05) is 14.2 Å². The van der Waals surface area contributed by atoms with E-state index in [-0.39, 0.29) is 11.5 Å². The van der Waals surface area contributed by atoms with Crippen molar-refractivity contribution in [1.82, 2.24) is 14.5 Å². The summed E-state index contributed by atoms with van der Waals surface area (Å²) >= 11 is 0. The Bertz CT molecular complexity index is 1280. The second-order valence-electron chi connectivity index (χ2n) is 7.28. The van der Waals surface area contributed by atoms with Gasteiger partial charge in [0.2, 0.25) is 0 Å². The molecule has 0 spiro atoms. The second kappa shape index (κ2) is 8.44. The molecule has 0 aliphatic heterocycles. The van der Waals surface area contributed by atoms with E-state index in [1.54, 1.807) is 54.0 Å². The zero-order valence-corrected chi connectivity index (χ0v) is 17.6. The molecule has 0 aliphatic carbocycles. The van der Waals surface area contributed by atoms with Crippen LogP contribution in [-0.4, -0.2) is 34.5 Å². The van der Waals surface area contributed by atoms with Gasteiger partial charge in [0.1, 0.15) is 11.6 Å². The van der Waals surface area contributed by atoms with Gasteiger partial charge in [0.25, 0.3) is 11.5 Å². The van der Waals surface area contributed by atoms with Gasteiger partial charge >= 0.3 is 0 Å². The lowest BCUT2D eigenvalue weighted by Crippen LogP contribution is -2.34. The number of carbonyl (C=O) groups excluding carboxylic acids is 1. The second-order valence-corrected chi connectivity index (χ2v) is 7.28. The number of amides is 1. The lowest BCUT2D eigenvalue weighted by Gasteiger charge is -2.27. The highest BCUT2D eigenvalue weighted by atomic mass is 16.5. The minimum absolute atomic E-state index is 0.142. The Morgan fingerprint density at radius 2 is 1.61 bits per heavy atom. The number of para-hydroxylation sites is 1. The van der Waals surface area contributed by atoms with E-state index in [1.165, 1.54) is 0 Å². The average molecular weight is 413 g/mol. The third-order valence-corrected chi connectivity index (χ3v) is 5.43. The molecule has 4 aromatic rings. The molecule has 0 saturated carbocycles. The quantitative estimate of drug-likeness (QED) is 0.491. The summed E-state index contributed by atoms with van der Waals surface area (Å²) < 4.78 is 6.82. The van der Waals surface area contributed by atoms with E-state index in [0.717, 1.165) is 0 Å². The van der Waals surface area contributed by atoms with E-state index in [1.807, 2.05) is 55.5 Å². The van der Waals surface area contributed by atoms with Gasteiger partial charge in [-0.25, -0.2) is 4.98 Å². The molecule has 3 aromatic carbocycles. The largest absolute Gasteiger partial charge is 0.497 e. The van der Waals surface area contributed by atoms with Gasteiger partial charge in [-0.3, -0.25) is 14.2 Å². The van der Waals surface area contributed by atoms with E-state index >= 15 is 0 Å². The maximum atomic E-state index is 13.5. The third kappa shape index (κ3) is 3.80. The molecular weight excluding hydrogens is 390 g/mol. The fourth-order valence-corrected chi connectivity index (χ4v) is 3.54. The molecule has 1 amide bonds. The van der Waals surface area contributed by atoms with Crippen molar-refractivity contribution in [3.63, 3.8) is 0 Å². The molecule has 1 unspecified atom stereocenters. The first-order chi connectivity index (χ1) is 15.0. The van der Waals surface area contributed by atoms with Crippen molar-refractivity contribution >= 4 is 16.8 Å². The topological polar surface area (TPSA) is 64.4 Å². The molecule has 1 aromatic heterocycles. The monoisotopic (exact) mass is 413 g/mol. The highest BCUT2D eigenvalue weighted by molar-refractivity contribution is 5.94. The molecule has 0 fully saturated rings. The van der Waals surface area contributed by atoms with Crippen LogP contribution >= 0.6 is 0 Å². The maximum absolute atomic E-state index is 13.5. The Morgan fingerprint density at radius 1 is 0.968 bits per heavy atom. The highest BCUT2D eigenvalue weighted by Crippen LogP contribution is 2.24. The molecular formula is C25H23N3O3. The summed E-state index contributed by atoms with van der Waals surface area (Å²) in [4.78, 5) is 32.9. The van der Waals surface area contributed by atoms with Gasteiger partial charge in [-0.05, 0) is 55.5 Å². The zero-order chi connectivity index (χ0) is 22.0. The van der Waals surface area contributed by atoms with Crippen molar-refractivity contribution in [3.05, 3.63) is 101 Å². The third-order valence-electron chi connectivity index (χ3n) is 5.43. The van der Waals surface area contributed by atoms with Crippen molar-refractivity contribution in [3.8, 4) is 11.4 Å². The minimum atomic E-state index is -0.452. The van der Waals surface area contributed by atoms with Gasteiger partial charge in [0, 0.05) is 12.6 Å². The Labute approximate surface area is 180 Å². The summed E-state index contributed by atoms with van der Waals surface area (Å²) in [5.41, 5.74) is 1.65. The lowest BCUT2D eigenvalue weighted by molar-refractivity contribution is 0.0735. The Hall–Kier alpha value is -3.93. The maximum Gasteiger partial charge on any atom is 0.266 e. The fraction of sp³-hybridized carbons (Fsp3) is 0.160. The van der Waals surface area contributed by atoms with Crippen LogP contribution in [-0.2, 0) is 0 Å². The Kier molecular flexibility index (Phi) is 5.54. The lowest BCUT2D eigenvalue weighted by atomic mass is 10.1. The number of rotatable bonds is 5. The van der Waals surface area contributed by atoms with Gasteiger partial charge in [0.15, 0.2) is 0 Å². The summed E-state index contributed by atoms with van der Waals surface area (Å²) in [6.45, 7) is 1.87. The molecule has 4 rings (SSSR count). The number of benzene rings is 3. The van der Waals surface area contributed by atoms with E-state index in [0.29, 0.717) is 33.7 Å². The first kappa shape index (κ1) is 20.3. The minimum Gasteiger partial charge on any atom is -0.497 e. The van der Waals surface area contributed by atoms with Crippen molar-refractivity contribution in [2.24, 2.45) is 0 Å². The van der Waals surface area contributed by atoms with E-state index in [2.05, 4.69) is 0 Å². The molecule has 0 aliphatic rings. The van der Waals surface area contributed by atoms with Crippen molar-refractivity contribution < 1.29 is 9.53 Å². The summed E-state index contributed by atoms with van der Waals surface area (Å²) in [7, 11) is 3.32. The average Bonchev–Trinajstić information content (AvgIpc) is 2.83. The van der Waals surface area contributed by atoms with Crippen LogP contribution in [0.2, 0.25) is 0 Å². The molecule has 1 atom stereocenters. The Balaban J connectivity index is 1.87. The van der Waals surface area contributed by atoms with Crippen molar-refractivity contribution in [1.29, 1.82) is 0 Å². The number of fused-ring (bicyclic) bond motifs is 1. The van der Waals surface area contributed by atoms with E-state index < -0.39 is 6.04 Å². The molecule has 1 heterocycles. The first-order valence-electron chi connectivity index (χ1n) is 9.99. The van der Waals surface area contributed by atoms with Gasteiger partial charge < -0.3 is 9.64 Å². The molecule has 0 bridgehead atoms. The molecule has 0 saturated heterocycles. The number of aromatic nitrogens is 2. The fourth-order valence-electron chi connectivity index (χ4n) is 3.54. The van der Waals surface area contributed by atoms with Gasteiger partial charge in [0.05, 0.1) is 29.7 Å². The zero-order valence-electron chi connectivity index (χ0n) is 17.6. The molecule has 0 N–H and O–H groups in total. The normalized spacial score (nSPS) is 11.8. The SMILES string of the molecule is COc1ccc(-n2c(C(C)N(C)C(=O)c3ccccc3)nc3ccccc3c2=O)cc1. The molecule has 156 valence electrons. The summed E-state index contributed by atoms with van der Waals surface area (Å²) in [5, 5.41) is 0.520. The number of hydrogen-bond acceptors (Lipinski definition) is 4. The smallest absolute Gasteiger partial charge is 0.266 e. The predicted molar refractivity (Wildman–Crippen MR) is 121 cm³/mol. The summed E-state index contributed by atoms with van der Waals surface area (Å²) in [6.07, 6.45) is 0. The number of hydrogen-bond donors (Lipinski definition) is 0. The van der Waals surface area contributed by atoms with Crippen LogP contribution < -0.4 is 10.3 Å². The van der Waals surface area contributed by atoms with Crippen LogP contribution in [0.15, 0.2) is 83.7 Å². The van der Waals surface area contributed by atoms with E-state index in [4.69, 9.17) is 9.72 Å². The number of nitrogens with zero attached hydrogens (tertiary/aromatic N) is 3. The van der Waals surface area contributed by atoms with Crippen molar-refractivity contribution in [2.45, 2.75) is 13.0 Å². The highest BCUT2D eigenvalue weighted by Gasteiger charge is 2.24. The standard InChI is InChI=1S/C25H23N3O3/c1-17(27(2)24(29)18-9-5-4-6-10-18)23-26-22-12-8-7-11-21(22)25(30)28(23)19-13-15-20(31-3)16-14-19/h4-17H,1-3H3. The van der Waals surface area contributed by atoms with Gasteiger partial charge in [-0.15, -0.1) is 0 Å². The first-order valence-corrected chi connectivity index (χ1v) is 9.99. The van der Waals surface area contributed by atoms with Crippen LogP contribution in [0, 0.1) is 0 Å². The van der Waals surface area contributed by atoms with Crippen LogP contribution in [0.4, 0.5) is 0 Å². The molecule has 31 heavy (non-hydrogen) atoms. The van der Waals surface area contributed by atoms with Crippen LogP contribution in [0.25, 0.3) is 16.6 Å². The Morgan fingerprint density at radius 3 is 2.29 bits per heavy atom. The molecule has 6 heteroatoms.